The van der Waals surface area contributed by atoms with Crippen LogP contribution in [0.5, 0.6) is 0 Å². The number of aliphatic hydroxyl groups excluding tert-OH is 1. The van der Waals surface area contributed by atoms with Crippen molar-refractivity contribution in [3.63, 3.8) is 0 Å². The van der Waals surface area contributed by atoms with Gasteiger partial charge in [0, 0.05) is 48.3 Å². The predicted molar refractivity (Wildman–Crippen MR) is 223 cm³/mol. The van der Waals surface area contributed by atoms with E-state index in [1.165, 1.54) is 4.80 Å². The third-order valence-corrected chi connectivity index (χ3v) is 13.3. The molecule has 0 unspecified atom stereocenters. The molecular formula is C44H67N7O10. The maximum Gasteiger partial charge on any atom is 0.410 e. The molecule has 2 aromatic rings. The van der Waals surface area contributed by atoms with E-state index in [1.807, 2.05) is 66.6 Å². The molecule has 2 aromatic heterocycles. The van der Waals surface area contributed by atoms with Crippen molar-refractivity contribution in [1.29, 1.82) is 0 Å². The van der Waals surface area contributed by atoms with Crippen LogP contribution < -0.4 is 0 Å². The number of aliphatic hydroxyl groups is 1. The number of Topliss-reactive ketones (excluding diaryl/α,β-unsaturated/α-hetero) is 1. The maximum absolute atomic E-state index is 15.0. The summed E-state index contributed by atoms with van der Waals surface area (Å²) >= 11 is 0. The second kappa shape index (κ2) is 19.3. The smallest absolute Gasteiger partial charge is 0.410 e. The van der Waals surface area contributed by atoms with Gasteiger partial charge in [-0.05, 0) is 96.8 Å². The number of hydrogen-bond acceptors (Lipinski definition) is 15. The minimum absolute atomic E-state index is 0.111. The number of cyclic esters (lactones) is 1. The number of carbonyl (C=O) groups is 3. The summed E-state index contributed by atoms with van der Waals surface area (Å²) in [5.74, 6) is -2.90. The maximum atomic E-state index is 15.0. The first-order valence-electron chi connectivity index (χ1n) is 21.9. The number of fused-ring (bicyclic) bond motifs is 4. The van der Waals surface area contributed by atoms with Crippen LogP contribution in [0.15, 0.2) is 36.7 Å². The lowest BCUT2D eigenvalue weighted by molar-refractivity contribution is -0.302. The minimum Gasteiger partial charge on any atom is -0.458 e. The molecule has 61 heavy (non-hydrogen) atoms. The number of carbonyl (C=O) groups excluding carboxylic acids is 3. The highest BCUT2D eigenvalue weighted by Gasteiger charge is 2.60. The van der Waals surface area contributed by atoms with E-state index in [9.17, 15) is 19.5 Å². The van der Waals surface area contributed by atoms with E-state index in [-0.39, 0.29) is 44.1 Å². The van der Waals surface area contributed by atoms with Crippen LogP contribution in [0.4, 0.5) is 4.79 Å². The van der Waals surface area contributed by atoms with E-state index in [0.717, 1.165) is 5.56 Å². The number of ketones is 1. The summed E-state index contributed by atoms with van der Waals surface area (Å²) in [5.41, 5.74) is -1.13. The van der Waals surface area contributed by atoms with E-state index < -0.39 is 83.7 Å². The number of esters is 1. The second-order valence-electron chi connectivity index (χ2n) is 18.4. The van der Waals surface area contributed by atoms with Gasteiger partial charge in [-0.15, -0.1) is 10.2 Å². The van der Waals surface area contributed by atoms with Crippen molar-refractivity contribution >= 4 is 17.8 Å². The zero-order valence-electron chi connectivity index (χ0n) is 37.6. The standard InChI is InChI=1S/C44H67N7O10/c1-12-33-44(9)37(50(42(55)61-44)18-13-14-19-51-47-39(46-48-51)31-16-15-17-45-22-31)28(5)34(52)26(3)21-43(8)38(60-41-35(53)32(49(10)11)20-27(4)58-41)29(6)36(30(7)40(54)59-33)56-23-25(2)24-57-43/h15-17,22,26-30,32-33,35-38,41,53H,2,12-14,18-21,23-24H2,1,3-11H3/t26-,27-,28+,29+,30-,32+,33-,35-,36-,37-,38-,41+,43+,44+/m1/s1. The number of rotatable bonds is 10. The van der Waals surface area contributed by atoms with Crippen LogP contribution in [-0.2, 0) is 44.6 Å². The van der Waals surface area contributed by atoms with Crippen molar-refractivity contribution in [2.75, 3.05) is 33.9 Å². The van der Waals surface area contributed by atoms with E-state index in [1.54, 1.807) is 37.2 Å². The molecule has 4 saturated heterocycles. The molecule has 338 valence electrons. The molecule has 6 heterocycles. The summed E-state index contributed by atoms with van der Waals surface area (Å²) in [5, 5.41) is 24.5. The van der Waals surface area contributed by atoms with Crippen LogP contribution in [0, 0.1) is 23.7 Å². The number of likely N-dealkylation sites (N-methyl/N-ethyl adjacent to an activating group) is 1. The van der Waals surface area contributed by atoms with Gasteiger partial charge in [0.1, 0.15) is 18.0 Å². The first-order chi connectivity index (χ1) is 28.9. The molecule has 4 aliphatic rings. The van der Waals surface area contributed by atoms with Crippen molar-refractivity contribution < 1.29 is 47.9 Å². The highest BCUT2D eigenvalue weighted by atomic mass is 16.7. The molecule has 0 radical (unpaired) electrons. The molecule has 17 heteroatoms. The molecule has 1 amide bonds. The molecule has 17 nitrogen and oxygen atoms in total. The Kier molecular flexibility index (Phi) is 14.7. The Balaban J connectivity index is 1.32. The minimum atomic E-state index is -1.37. The molecule has 4 fully saturated rings. The van der Waals surface area contributed by atoms with E-state index in [0.29, 0.717) is 43.6 Å². The first-order valence-corrected chi connectivity index (χ1v) is 21.9. The molecule has 1 N–H and O–H groups in total. The van der Waals surface area contributed by atoms with E-state index in [2.05, 4.69) is 27.0 Å². The Labute approximate surface area is 359 Å². The monoisotopic (exact) mass is 853 g/mol. The van der Waals surface area contributed by atoms with Gasteiger partial charge in [0.15, 0.2) is 11.9 Å². The number of aromatic nitrogens is 5. The number of tetrazole rings is 1. The highest BCUT2D eigenvalue weighted by molar-refractivity contribution is 5.85. The largest absolute Gasteiger partial charge is 0.458 e. The molecule has 0 aromatic carbocycles. The number of unbranched alkanes of at least 4 members (excludes halogenated alkanes) is 1. The van der Waals surface area contributed by atoms with Gasteiger partial charge in [0.2, 0.25) is 5.82 Å². The molecule has 2 bridgehead atoms. The zero-order chi connectivity index (χ0) is 44.4. The number of aryl methyl sites for hydroxylation is 1. The third kappa shape index (κ3) is 9.86. The number of nitrogens with zero attached hydrogens (tertiary/aromatic N) is 7. The van der Waals surface area contributed by atoms with E-state index >= 15 is 0 Å². The molecule has 0 spiro atoms. The van der Waals surface area contributed by atoms with Crippen molar-refractivity contribution in [1.82, 2.24) is 35.0 Å². The second-order valence-corrected chi connectivity index (χ2v) is 18.4. The van der Waals surface area contributed by atoms with Crippen LogP contribution in [-0.4, -0.2) is 152 Å². The topological polar surface area (TPSA) is 190 Å². The summed E-state index contributed by atoms with van der Waals surface area (Å²) in [6, 6.07) is 2.65. The Bertz CT molecular complexity index is 1850. The molecular weight excluding hydrogens is 787 g/mol. The number of hydrogen-bond donors (Lipinski definition) is 1. The molecule has 4 aliphatic heterocycles. The fourth-order valence-corrected chi connectivity index (χ4v) is 10.1. The van der Waals surface area contributed by atoms with Crippen LogP contribution in [0.1, 0.15) is 87.5 Å². The molecule has 0 saturated carbocycles. The van der Waals surface area contributed by atoms with Crippen molar-refractivity contribution in [2.45, 2.75) is 154 Å². The predicted octanol–water partition coefficient (Wildman–Crippen LogP) is 4.48. The Morgan fingerprint density at radius 1 is 1.05 bits per heavy atom. The molecule has 0 aliphatic carbocycles. The first kappa shape index (κ1) is 46.6. The fraction of sp³-hybridized carbons (Fsp3) is 0.750. The summed E-state index contributed by atoms with van der Waals surface area (Å²) < 4.78 is 39.1. The lowest BCUT2D eigenvalue weighted by Crippen LogP contribution is -2.61. The third-order valence-electron chi connectivity index (χ3n) is 13.3. The van der Waals surface area contributed by atoms with Crippen LogP contribution in [0.3, 0.4) is 0 Å². The van der Waals surface area contributed by atoms with Crippen LogP contribution >= 0.6 is 0 Å². The summed E-state index contributed by atoms with van der Waals surface area (Å²) in [6.45, 7) is 20.0. The number of ether oxygens (including phenoxy) is 6. The zero-order valence-corrected chi connectivity index (χ0v) is 37.6. The van der Waals surface area contributed by atoms with Gasteiger partial charge in [-0.3, -0.25) is 14.6 Å². The van der Waals surface area contributed by atoms with Gasteiger partial charge < -0.3 is 43.3 Å². The lowest BCUT2D eigenvalue weighted by atomic mass is 9.73. The van der Waals surface area contributed by atoms with Gasteiger partial charge in [0.25, 0.3) is 0 Å². The van der Waals surface area contributed by atoms with Crippen molar-refractivity contribution in [3.8, 4) is 11.4 Å². The van der Waals surface area contributed by atoms with Crippen molar-refractivity contribution in [2.24, 2.45) is 23.7 Å². The molecule has 6 rings (SSSR count). The summed E-state index contributed by atoms with van der Waals surface area (Å²) in [7, 11) is 3.82. The number of pyridine rings is 1. The van der Waals surface area contributed by atoms with Gasteiger partial charge in [-0.1, -0.05) is 34.3 Å². The summed E-state index contributed by atoms with van der Waals surface area (Å²) in [6.07, 6.45) is 0.308. The van der Waals surface area contributed by atoms with Crippen LogP contribution in [0.25, 0.3) is 11.4 Å². The van der Waals surface area contributed by atoms with Crippen LogP contribution in [0.2, 0.25) is 0 Å². The Hall–Kier alpha value is -3.87. The summed E-state index contributed by atoms with van der Waals surface area (Å²) in [4.78, 5) is 52.6. The van der Waals surface area contributed by atoms with Gasteiger partial charge in [0.05, 0.1) is 55.6 Å². The van der Waals surface area contributed by atoms with Gasteiger partial charge >= 0.3 is 12.1 Å². The average Bonchev–Trinajstić information content (AvgIpc) is 3.81. The van der Waals surface area contributed by atoms with Gasteiger partial charge in [-0.2, -0.15) is 4.80 Å². The van der Waals surface area contributed by atoms with Gasteiger partial charge in [-0.25, -0.2) is 4.79 Å². The average molecular weight is 854 g/mol. The molecule has 14 atom stereocenters. The Morgan fingerprint density at radius 2 is 1.79 bits per heavy atom. The SMILES string of the molecule is C=C1CO[C@@H]2[C@H](C)[C@@H](O[C@@H]3O[C@H](C)C[C@H](N(C)C)[C@H]3O)[C@](C)(C[C@@H](C)C(=O)[C@H](C)[C@H]3N(CCCCn4nnc(-c5cccnc5)n4)C(=O)O[C@@]3(C)[C@@H](CC)OC(=O)[C@@H]2C)OC1. The fourth-order valence-electron chi connectivity index (χ4n) is 10.1. The Morgan fingerprint density at radius 3 is 2.48 bits per heavy atom. The highest BCUT2D eigenvalue weighted by Crippen LogP contribution is 2.44. The van der Waals surface area contributed by atoms with Crippen molar-refractivity contribution in [3.05, 3.63) is 36.7 Å². The normalized spacial score (nSPS) is 38.0. The van der Waals surface area contributed by atoms with E-state index in [4.69, 9.17) is 28.4 Å². The lowest BCUT2D eigenvalue weighted by Gasteiger charge is -2.48. The quantitative estimate of drug-likeness (QED) is 0.200. The number of amides is 1.